The van der Waals surface area contributed by atoms with Crippen LogP contribution in [0.2, 0.25) is 0 Å². The number of fused-ring (bicyclic) bond motifs is 15. The second-order valence-electron chi connectivity index (χ2n) is 14.0. The quantitative estimate of drug-likeness (QED) is 0.183. The first-order valence-electron chi connectivity index (χ1n) is 17.9. The molecule has 12 rings (SSSR count). The molecular formula is C48H28N4O. The van der Waals surface area contributed by atoms with Crippen LogP contribution in [-0.2, 0) is 5.41 Å². The molecule has 2 aliphatic carbocycles. The maximum atomic E-state index is 6.48. The van der Waals surface area contributed by atoms with Crippen LogP contribution >= 0.6 is 0 Å². The van der Waals surface area contributed by atoms with E-state index >= 15 is 0 Å². The maximum Gasteiger partial charge on any atom is 0.235 e. The molecule has 0 N–H and O–H groups in total. The minimum Gasteiger partial charge on any atom is -0.456 e. The van der Waals surface area contributed by atoms with Crippen LogP contribution in [-0.4, -0.2) is 19.5 Å². The lowest BCUT2D eigenvalue weighted by Crippen LogP contribution is -2.30. The average Bonchev–Trinajstić information content (AvgIpc) is 3.81. The Labute approximate surface area is 304 Å². The largest absolute Gasteiger partial charge is 0.456 e. The van der Waals surface area contributed by atoms with Crippen molar-refractivity contribution in [2.45, 2.75) is 5.41 Å². The molecule has 0 bridgehead atoms. The van der Waals surface area contributed by atoms with Crippen LogP contribution in [0.1, 0.15) is 33.4 Å². The molecule has 0 radical (unpaired) electrons. The number of hydrogen-bond donors (Lipinski definition) is 0. The Bertz CT molecular complexity index is 3190. The van der Waals surface area contributed by atoms with Gasteiger partial charge in [-0.1, -0.05) is 97.1 Å². The number of furan rings is 1. The zero-order valence-electron chi connectivity index (χ0n) is 28.4. The molecule has 5 nitrogen and oxygen atoms in total. The molecule has 1 atom stereocenters. The number of pyridine rings is 1. The summed E-state index contributed by atoms with van der Waals surface area (Å²) in [6, 6.07) is 50.6. The summed E-state index contributed by atoms with van der Waals surface area (Å²) in [5.74, 6) is 0.606. The lowest BCUT2D eigenvalue weighted by molar-refractivity contribution is 0.668. The zero-order chi connectivity index (χ0) is 34.7. The van der Waals surface area contributed by atoms with Crippen LogP contribution in [0.15, 0.2) is 163 Å². The van der Waals surface area contributed by atoms with Crippen molar-refractivity contribution in [3.63, 3.8) is 0 Å². The second kappa shape index (κ2) is 10.5. The fourth-order valence-electron chi connectivity index (χ4n) is 9.22. The molecule has 1 spiro atoms. The van der Waals surface area contributed by atoms with Crippen LogP contribution in [0.3, 0.4) is 0 Å². The summed E-state index contributed by atoms with van der Waals surface area (Å²) in [5.41, 5.74) is 15.4. The summed E-state index contributed by atoms with van der Waals surface area (Å²) >= 11 is 0. The van der Waals surface area contributed by atoms with E-state index in [1.165, 1.54) is 44.5 Å². The summed E-state index contributed by atoms with van der Waals surface area (Å²) < 4.78 is 8.53. The molecule has 5 heteroatoms. The second-order valence-corrected chi connectivity index (χ2v) is 14.0. The topological polar surface area (TPSA) is 56.7 Å². The van der Waals surface area contributed by atoms with Crippen LogP contribution in [0.5, 0.6) is 0 Å². The number of benzene rings is 6. The normalized spacial score (nSPS) is 15.5. The van der Waals surface area contributed by atoms with Gasteiger partial charge in [0.25, 0.3) is 0 Å². The van der Waals surface area contributed by atoms with Gasteiger partial charge in [0.2, 0.25) is 5.95 Å². The first-order chi connectivity index (χ1) is 26.3. The van der Waals surface area contributed by atoms with E-state index in [1.807, 2.05) is 24.4 Å². The zero-order valence-corrected chi connectivity index (χ0v) is 28.4. The van der Waals surface area contributed by atoms with Crippen molar-refractivity contribution in [3.8, 4) is 28.2 Å². The van der Waals surface area contributed by atoms with Crippen molar-refractivity contribution in [3.05, 3.63) is 191 Å². The summed E-state index contributed by atoms with van der Waals surface area (Å²) in [5, 5.41) is 4.44. The molecule has 0 saturated carbocycles. The Hall–Kier alpha value is -7.11. The SMILES string of the molecule is C1=Cc2ccc(-c3ccc4c(c3)c3cccnc3n4-c3ncccn3)cc2C2(c3ccccc31)c1ccccc1-c1cc3oc4ccccc4c3cc12. The smallest absolute Gasteiger partial charge is 0.235 e. The number of aromatic nitrogens is 4. The van der Waals surface area contributed by atoms with E-state index in [1.54, 1.807) is 12.4 Å². The lowest BCUT2D eigenvalue weighted by Gasteiger charge is -2.35. The maximum absolute atomic E-state index is 6.48. The molecule has 0 amide bonds. The highest BCUT2D eigenvalue weighted by molar-refractivity contribution is 6.10. The summed E-state index contributed by atoms with van der Waals surface area (Å²) in [7, 11) is 0. The number of nitrogens with zero attached hydrogens (tertiary/aromatic N) is 4. The Morgan fingerprint density at radius 2 is 1.19 bits per heavy atom. The summed E-state index contributed by atoms with van der Waals surface area (Å²) in [4.78, 5) is 14.0. The van der Waals surface area contributed by atoms with Gasteiger partial charge >= 0.3 is 0 Å². The molecule has 246 valence electrons. The highest BCUT2D eigenvalue weighted by Crippen LogP contribution is 2.60. The van der Waals surface area contributed by atoms with E-state index in [0.29, 0.717) is 5.95 Å². The molecule has 6 aromatic carbocycles. The van der Waals surface area contributed by atoms with Gasteiger partial charge in [0, 0.05) is 40.1 Å². The van der Waals surface area contributed by atoms with Gasteiger partial charge in [-0.05, 0) is 110 Å². The van der Waals surface area contributed by atoms with E-state index in [2.05, 4.69) is 148 Å². The third kappa shape index (κ3) is 3.78. The van der Waals surface area contributed by atoms with E-state index in [-0.39, 0.29) is 0 Å². The Morgan fingerprint density at radius 3 is 2.11 bits per heavy atom. The highest BCUT2D eigenvalue weighted by Gasteiger charge is 2.49. The van der Waals surface area contributed by atoms with E-state index in [4.69, 9.17) is 9.40 Å². The van der Waals surface area contributed by atoms with Gasteiger partial charge in [0.15, 0.2) is 0 Å². The molecule has 53 heavy (non-hydrogen) atoms. The Balaban J connectivity index is 1.16. The van der Waals surface area contributed by atoms with E-state index in [9.17, 15) is 0 Å². The molecular weight excluding hydrogens is 649 g/mol. The van der Waals surface area contributed by atoms with Crippen molar-refractivity contribution in [1.29, 1.82) is 0 Å². The van der Waals surface area contributed by atoms with Gasteiger partial charge in [-0.3, -0.25) is 4.57 Å². The predicted octanol–water partition coefficient (Wildman–Crippen LogP) is 11.4. The Kier molecular flexibility index (Phi) is 5.64. The van der Waals surface area contributed by atoms with Crippen molar-refractivity contribution in [2.24, 2.45) is 0 Å². The minimum absolute atomic E-state index is 0.571. The highest BCUT2D eigenvalue weighted by atomic mass is 16.3. The molecule has 0 fully saturated rings. The number of rotatable bonds is 2. The standard InChI is InChI=1S/C48H28N4O/c1-4-13-39-29(9-1)16-17-30-18-19-32(31-20-21-43-37(25-31)35-12-7-22-49-46(35)52(43)47-50-23-8-24-51-47)26-41(30)48(39)40-14-5-2-10-33(40)36-28-45-38(27-42(36)48)34-11-3-6-15-44(34)53-45/h1-28H. The monoisotopic (exact) mass is 676 g/mol. The summed E-state index contributed by atoms with van der Waals surface area (Å²) in [6.45, 7) is 0. The van der Waals surface area contributed by atoms with Crippen LogP contribution < -0.4 is 0 Å². The van der Waals surface area contributed by atoms with Crippen LogP contribution in [0.4, 0.5) is 0 Å². The fourth-order valence-corrected chi connectivity index (χ4v) is 9.22. The van der Waals surface area contributed by atoms with E-state index < -0.39 is 5.41 Å². The Morgan fingerprint density at radius 1 is 0.453 bits per heavy atom. The third-order valence-corrected chi connectivity index (χ3v) is 11.4. The average molecular weight is 677 g/mol. The van der Waals surface area contributed by atoms with Crippen molar-refractivity contribution < 1.29 is 4.42 Å². The van der Waals surface area contributed by atoms with Gasteiger partial charge in [-0.2, -0.15) is 0 Å². The molecule has 2 aliphatic rings. The first kappa shape index (κ1) is 28.6. The molecule has 1 unspecified atom stereocenters. The molecule has 4 heterocycles. The molecule has 0 aliphatic heterocycles. The first-order valence-corrected chi connectivity index (χ1v) is 17.9. The fraction of sp³-hybridized carbons (Fsp3) is 0.0208. The van der Waals surface area contributed by atoms with Crippen molar-refractivity contribution in [2.75, 3.05) is 0 Å². The minimum atomic E-state index is -0.571. The lowest BCUT2D eigenvalue weighted by atomic mass is 9.65. The molecule has 4 aromatic heterocycles. The number of para-hydroxylation sites is 1. The van der Waals surface area contributed by atoms with Gasteiger partial charge < -0.3 is 4.42 Å². The van der Waals surface area contributed by atoms with Crippen LogP contribution in [0, 0.1) is 0 Å². The van der Waals surface area contributed by atoms with Gasteiger partial charge in [-0.25, -0.2) is 15.0 Å². The summed E-state index contributed by atoms with van der Waals surface area (Å²) in [6.07, 6.45) is 9.95. The van der Waals surface area contributed by atoms with Gasteiger partial charge in [-0.15, -0.1) is 0 Å². The number of hydrogen-bond acceptors (Lipinski definition) is 4. The van der Waals surface area contributed by atoms with Gasteiger partial charge in [0.05, 0.1) is 10.9 Å². The third-order valence-electron chi connectivity index (χ3n) is 11.4. The van der Waals surface area contributed by atoms with E-state index in [0.717, 1.165) is 55.0 Å². The molecule has 0 saturated heterocycles. The molecule has 10 aromatic rings. The van der Waals surface area contributed by atoms with Crippen molar-refractivity contribution >= 4 is 56.0 Å². The van der Waals surface area contributed by atoms with Crippen LogP contribution in [0.25, 0.3) is 84.2 Å². The predicted molar refractivity (Wildman–Crippen MR) is 213 cm³/mol. The van der Waals surface area contributed by atoms with Crippen molar-refractivity contribution in [1.82, 2.24) is 19.5 Å². The van der Waals surface area contributed by atoms with Gasteiger partial charge in [0.1, 0.15) is 16.8 Å².